The molecule has 1 aliphatic rings. The molecule has 3 rings (SSSR count). The average Bonchev–Trinajstić information content (AvgIpc) is 3.15. The molecule has 9 heteroatoms. The molecule has 146 valence electrons. The zero-order valence-corrected chi connectivity index (χ0v) is 16.6. The summed E-state index contributed by atoms with van der Waals surface area (Å²) in [7, 11) is -3.50. The molecule has 0 spiro atoms. The zero-order chi connectivity index (χ0) is 19.3. The molecule has 1 amide bonds. The molecule has 0 aliphatic carbocycles. The van der Waals surface area contributed by atoms with Crippen LogP contribution in [0.3, 0.4) is 0 Å². The van der Waals surface area contributed by atoms with E-state index < -0.39 is 10.0 Å². The second kappa shape index (κ2) is 8.83. The summed E-state index contributed by atoms with van der Waals surface area (Å²) in [4.78, 5) is 12.7. The van der Waals surface area contributed by atoms with Crippen LogP contribution in [0.5, 0.6) is 5.75 Å². The lowest BCUT2D eigenvalue weighted by Gasteiger charge is -2.25. The van der Waals surface area contributed by atoms with Gasteiger partial charge in [-0.2, -0.15) is 4.31 Å². The first-order chi connectivity index (χ1) is 12.9. The lowest BCUT2D eigenvalue weighted by molar-refractivity contribution is -0.123. The molecule has 2 aromatic rings. The summed E-state index contributed by atoms with van der Waals surface area (Å²) in [5, 5.41) is 2.75. The number of nitrogens with one attached hydrogen (secondary N) is 1. The number of hydrogen-bond acceptors (Lipinski definition) is 6. The van der Waals surface area contributed by atoms with Crippen LogP contribution in [0, 0.1) is 6.92 Å². The standard InChI is InChI=1S/C18H22N2O5S2/c1-14-3-2-4-15(11-14)25-13-17(21)19-12-16-5-6-18(26-16)27(22,23)20-7-9-24-10-8-20/h2-6,11H,7-10,12-13H2,1H3,(H,19,21). The van der Waals surface area contributed by atoms with Gasteiger partial charge >= 0.3 is 0 Å². The number of morpholine rings is 1. The third kappa shape index (κ3) is 5.29. The lowest BCUT2D eigenvalue weighted by Crippen LogP contribution is -2.40. The van der Waals surface area contributed by atoms with E-state index >= 15 is 0 Å². The third-order valence-electron chi connectivity index (χ3n) is 4.02. The van der Waals surface area contributed by atoms with E-state index in [4.69, 9.17) is 9.47 Å². The number of benzene rings is 1. The average molecular weight is 411 g/mol. The Morgan fingerprint density at radius 3 is 2.78 bits per heavy atom. The fraction of sp³-hybridized carbons (Fsp3) is 0.389. The van der Waals surface area contributed by atoms with Crippen LogP contribution in [0.1, 0.15) is 10.4 Å². The molecule has 2 heterocycles. The van der Waals surface area contributed by atoms with E-state index in [2.05, 4.69) is 5.32 Å². The van der Waals surface area contributed by atoms with Crippen LogP contribution in [-0.4, -0.2) is 51.5 Å². The smallest absolute Gasteiger partial charge is 0.258 e. The maximum atomic E-state index is 12.6. The molecule has 27 heavy (non-hydrogen) atoms. The molecule has 0 saturated carbocycles. The Morgan fingerprint density at radius 1 is 1.26 bits per heavy atom. The quantitative estimate of drug-likeness (QED) is 0.752. The number of ether oxygens (including phenoxy) is 2. The van der Waals surface area contributed by atoms with Gasteiger partial charge in [0.15, 0.2) is 6.61 Å². The fourth-order valence-electron chi connectivity index (χ4n) is 2.60. The molecule has 1 aliphatic heterocycles. The Hall–Kier alpha value is -1.94. The molecule has 0 bridgehead atoms. The molecule has 1 N–H and O–H groups in total. The summed E-state index contributed by atoms with van der Waals surface area (Å²) in [5.41, 5.74) is 1.06. The van der Waals surface area contributed by atoms with Crippen molar-refractivity contribution < 1.29 is 22.7 Å². The summed E-state index contributed by atoms with van der Waals surface area (Å²) in [5.74, 6) is 0.377. The minimum absolute atomic E-state index is 0.0895. The highest BCUT2D eigenvalue weighted by atomic mass is 32.2. The first-order valence-electron chi connectivity index (χ1n) is 8.58. The van der Waals surface area contributed by atoms with E-state index in [-0.39, 0.29) is 23.3 Å². The predicted octanol–water partition coefficient (Wildman–Crippen LogP) is 1.77. The number of carbonyl (C=O) groups is 1. The number of nitrogens with zero attached hydrogens (tertiary/aromatic N) is 1. The first-order valence-corrected chi connectivity index (χ1v) is 10.8. The van der Waals surface area contributed by atoms with Gasteiger partial charge in [-0.05, 0) is 36.8 Å². The van der Waals surface area contributed by atoms with Gasteiger partial charge in [0, 0.05) is 18.0 Å². The largest absolute Gasteiger partial charge is 0.484 e. The molecule has 0 atom stereocenters. The molecule has 0 radical (unpaired) electrons. The number of carbonyl (C=O) groups excluding carboxylic acids is 1. The highest BCUT2D eigenvalue weighted by Gasteiger charge is 2.27. The number of rotatable bonds is 7. The van der Waals surface area contributed by atoms with Crippen molar-refractivity contribution in [3.8, 4) is 5.75 Å². The molecule has 1 aromatic carbocycles. The molecular weight excluding hydrogens is 388 g/mol. The van der Waals surface area contributed by atoms with Gasteiger partial charge in [0.1, 0.15) is 9.96 Å². The highest BCUT2D eigenvalue weighted by molar-refractivity contribution is 7.91. The van der Waals surface area contributed by atoms with Crippen LogP contribution >= 0.6 is 11.3 Å². The summed E-state index contributed by atoms with van der Waals surface area (Å²) in [6.07, 6.45) is 0. The predicted molar refractivity (Wildman–Crippen MR) is 102 cm³/mol. The molecular formula is C18H22N2O5S2. The van der Waals surface area contributed by atoms with Crippen LogP contribution in [0.25, 0.3) is 0 Å². The monoisotopic (exact) mass is 410 g/mol. The van der Waals surface area contributed by atoms with Gasteiger partial charge in [0.25, 0.3) is 15.9 Å². The maximum absolute atomic E-state index is 12.6. The third-order valence-corrected chi connectivity index (χ3v) is 7.47. The normalized spacial score (nSPS) is 15.4. The molecule has 0 unspecified atom stereocenters. The Kier molecular flexibility index (Phi) is 6.48. The minimum atomic E-state index is -3.50. The second-order valence-electron chi connectivity index (χ2n) is 6.12. The number of sulfonamides is 1. The van der Waals surface area contributed by atoms with Crippen molar-refractivity contribution in [3.63, 3.8) is 0 Å². The highest BCUT2D eigenvalue weighted by Crippen LogP contribution is 2.25. The van der Waals surface area contributed by atoms with Crippen molar-refractivity contribution in [2.45, 2.75) is 17.7 Å². The van der Waals surface area contributed by atoms with Gasteiger partial charge < -0.3 is 14.8 Å². The van der Waals surface area contributed by atoms with Gasteiger partial charge in [-0.3, -0.25) is 4.79 Å². The van der Waals surface area contributed by atoms with Gasteiger partial charge in [-0.25, -0.2) is 8.42 Å². The van der Waals surface area contributed by atoms with Crippen LogP contribution in [0.15, 0.2) is 40.6 Å². The lowest BCUT2D eigenvalue weighted by atomic mass is 10.2. The van der Waals surface area contributed by atoms with E-state index in [0.717, 1.165) is 10.4 Å². The number of aryl methyl sites for hydroxylation is 1. The van der Waals surface area contributed by atoms with Crippen LogP contribution in [0.4, 0.5) is 0 Å². The number of amides is 1. The summed E-state index contributed by atoms with van der Waals surface area (Å²) in [6, 6.07) is 10.8. The van der Waals surface area contributed by atoms with Crippen molar-refractivity contribution in [2.24, 2.45) is 0 Å². The van der Waals surface area contributed by atoms with E-state index in [0.29, 0.717) is 32.1 Å². The number of hydrogen-bond donors (Lipinski definition) is 1. The topological polar surface area (TPSA) is 84.9 Å². The van der Waals surface area contributed by atoms with Crippen LogP contribution in [0.2, 0.25) is 0 Å². The van der Waals surface area contributed by atoms with E-state index in [9.17, 15) is 13.2 Å². The van der Waals surface area contributed by atoms with Crippen LogP contribution < -0.4 is 10.1 Å². The Bertz CT molecular complexity index is 889. The summed E-state index contributed by atoms with van der Waals surface area (Å²) >= 11 is 1.17. The van der Waals surface area contributed by atoms with E-state index in [1.165, 1.54) is 15.6 Å². The number of thiophene rings is 1. The van der Waals surface area contributed by atoms with Crippen molar-refractivity contribution in [1.29, 1.82) is 0 Å². The first kappa shape index (κ1) is 19.8. The molecule has 1 saturated heterocycles. The summed E-state index contributed by atoms with van der Waals surface area (Å²) < 4.78 is 37.6. The van der Waals surface area contributed by atoms with Gasteiger partial charge in [0.2, 0.25) is 0 Å². The van der Waals surface area contributed by atoms with Crippen molar-refractivity contribution in [2.75, 3.05) is 32.9 Å². The Morgan fingerprint density at radius 2 is 2.04 bits per heavy atom. The molecule has 7 nitrogen and oxygen atoms in total. The Balaban J connectivity index is 1.51. The van der Waals surface area contributed by atoms with E-state index in [1.54, 1.807) is 18.2 Å². The maximum Gasteiger partial charge on any atom is 0.258 e. The van der Waals surface area contributed by atoms with Crippen molar-refractivity contribution in [3.05, 3.63) is 46.8 Å². The van der Waals surface area contributed by atoms with Gasteiger partial charge in [-0.15, -0.1) is 11.3 Å². The SMILES string of the molecule is Cc1cccc(OCC(=O)NCc2ccc(S(=O)(=O)N3CCOCC3)s2)c1. The van der Waals surface area contributed by atoms with Crippen LogP contribution in [-0.2, 0) is 26.1 Å². The summed E-state index contributed by atoms with van der Waals surface area (Å²) in [6.45, 7) is 3.67. The van der Waals surface area contributed by atoms with Crippen molar-refractivity contribution >= 4 is 27.3 Å². The van der Waals surface area contributed by atoms with E-state index in [1.807, 2.05) is 25.1 Å². The Labute approximate surface area is 163 Å². The fourth-order valence-corrected chi connectivity index (χ4v) is 5.45. The molecule has 1 fully saturated rings. The second-order valence-corrected chi connectivity index (χ2v) is 9.45. The van der Waals surface area contributed by atoms with Gasteiger partial charge in [-0.1, -0.05) is 12.1 Å². The van der Waals surface area contributed by atoms with Crippen molar-refractivity contribution in [1.82, 2.24) is 9.62 Å². The molecule has 1 aromatic heterocycles. The zero-order valence-electron chi connectivity index (χ0n) is 15.0. The minimum Gasteiger partial charge on any atom is -0.484 e. The van der Waals surface area contributed by atoms with Gasteiger partial charge in [0.05, 0.1) is 19.8 Å².